The van der Waals surface area contributed by atoms with Crippen LogP contribution in [0.4, 0.5) is 0 Å². The van der Waals surface area contributed by atoms with Crippen LogP contribution in [0, 0.1) is 0 Å². The van der Waals surface area contributed by atoms with Crippen molar-refractivity contribution in [1.29, 1.82) is 0 Å². The van der Waals surface area contributed by atoms with E-state index in [-0.39, 0.29) is 11.1 Å². The molecule has 1 atom stereocenters. The molecule has 0 bridgehead atoms. The molecule has 1 aromatic rings. The number of unbranched alkanes of at least 4 members (excludes halogenated alkanes) is 1. The standard InChI is InChI=1S/C10H18N2O3S/c1-2-3-5-9(8-11)12-16(13,14)10-6-4-7-15-10/h4,6-7,9,12H,2-3,5,8,11H2,1H3. The van der Waals surface area contributed by atoms with E-state index >= 15 is 0 Å². The monoisotopic (exact) mass is 246 g/mol. The normalized spacial score (nSPS) is 13.9. The SMILES string of the molecule is CCCCC(CN)NS(=O)(=O)c1ccco1. The molecule has 0 aliphatic rings. The van der Waals surface area contributed by atoms with Crippen LogP contribution in [0.5, 0.6) is 0 Å². The third kappa shape index (κ3) is 3.62. The fourth-order valence-electron chi connectivity index (χ4n) is 1.37. The highest BCUT2D eigenvalue weighted by molar-refractivity contribution is 7.89. The number of hydrogen-bond acceptors (Lipinski definition) is 4. The topological polar surface area (TPSA) is 85.3 Å². The summed E-state index contributed by atoms with van der Waals surface area (Å²) in [5.74, 6) is 0. The van der Waals surface area contributed by atoms with Gasteiger partial charge in [0, 0.05) is 12.6 Å². The number of nitrogens with one attached hydrogen (secondary N) is 1. The second kappa shape index (κ2) is 6.03. The Hall–Kier alpha value is -0.850. The van der Waals surface area contributed by atoms with Crippen molar-refractivity contribution < 1.29 is 12.8 Å². The van der Waals surface area contributed by atoms with Crippen LogP contribution in [-0.4, -0.2) is 21.0 Å². The van der Waals surface area contributed by atoms with Gasteiger partial charge >= 0.3 is 0 Å². The first kappa shape index (κ1) is 13.2. The Kier molecular flexibility index (Phi) is 4.98. The largest absolute Gasteiger partial charge is 0.452 e. The molecular weight excluding hydrogens is 228 g/mol. The molecule has 16 heavy (non-hydrogen) atoms. The second-order valence-electron chi connectivity index (χ2n) is 3.63. The van der Waals surface area contributed by atoms with Crippen LogP contribution in [0.25, 0.3) is 0 Å². The Bertz CT molecular complexity index is 386. The highest BCUT2D eigenvalue weighted by atomic mass is 32.2. The quantitative estimate of drug-likeness (QED) is 0.753. The smallest absolute Gasteiger partial charge is 0.274 e. The van der Waals surface area contributed by atoms with E-state index in [9.17, 15) is 8.42 Å². The molecule has 1 rings (SSSR count). The predicted octanol–water partition coefficient (Wildman–Crippen LogP) is 1.08. The first-order chi connectivity index (χ1) is 7.60. The van der Waals surface area contributed by atoms with E-state index in [1.165, 1.54) is 18.4 Å². The minimum absolute atomic E-state index is 0.0672. The highest BCUT2D eigenvalue weighted by Gasteiger charge is 2.20. The molecule has 6 heteroatoms. The van der Waals surface area contributed by atoms with E-state index in [0.29, 0.717) is 6.54 Å². The zero-order chi connectivity index (χ0) is 12.0. The minimum atomic E-state index is -3.56. The summed E-state index contributed by atoms with van der Waals surface area (Å²) in [5, 5.41) is -0.0672. The van der Waals surface area contributed by atoms with E-state index in [2.05, 4.69) is 11.6 Å². The molecule has 0 saturated carbocycles. The van der Waals surface area contributed by atoms with E-state index < -0.39 is 10.0 Å². The van der Waals surface area contributed by atoms with Gasteiger partial charge in [0.2, 0.25) is 5.09 Å². The number of nitrogens with two attached hydrogens (primary N) is 1. The fourth-order valence-corrected chi connectivity index (χ4v) is 2.58. The average Bonchev–Trinajstić information content (AvgIpc) is 2.78. The fraction of sp³-hybridized carbons (Fsp3) is 0.600. The van der Waals surface area contributed by atoms with Crippen molar-refractivity contribution in [3.8, 4) is 0 Å². The van der Waals surface area contributed by atoms with Crippen molar-refractivity contribution >= 4 is 10.0 Å². The van der Waals surface area contributed by atoms with Crippen LogP contribution in [0.1, 0.15) is 26.2 Å². The Balaban J connectivity index is 2.64. The molecule has 0 aromatic carbocycles. The molecule has 0 aliphatic carbocycles. The molecule has 0 fully saturated rings. The molecule has 1 aromatic heterocycles. The Morgan fingerprint density at radius 2 is 2.31 bits per heavy atom. The second-order valence-corrected chi connectivity index (χ2v) is 5.27. The van der Waals surface area contributed by atoms with E-state index in [1.54, 1.807) is 0 Å². The maximum absolute atomic E-state index is 11.8. The summed E-state index contributed by atoms with van der Waals surface area (Å²) < 4.78 is 30.9. The maximum atomic E-state index is 11.8. The van der Waals surface area contributed by atoms with Crippen molar-refractivity contribution in [2.45, 2.75) is 37.3 Å². The molecule has 5 nitrogen and oxygen atoms in total. The van der Waals surface area contributed by atoms with E-state index in [0.717, 1.165) is 19.3 Å². The van der Waals surface area contributed by atoms with Gasteiger partial charge in [-0.25, -0.2) is 13.1 Å². The molecule has 0 saturated heterocycles. The van der Waals surface area contributed by atoms with Gasteiger partial charge in [-0.2, -0.15) is 0 Å². The van der Waals surface area contributed by atoms with Crippen LogP contribution in [0.15, 0.2) is 27.9 Å². The molecule has 0 amide bonds. The first-order valence-electron chi connectivity index (χ1n) is 5.36. The van der Waals surface area contributed by atoms with E-state index in [1.807, 2.05) is 0 Å². The lowest BCUT2D eigenvalue weighted by Crippen LogP contribution is -2.39. The van der Waals surface area contributed by atoms with Gasteiger partial charge in [-0.15, -0.1) is 0 Å². The van der Waals surface area contributed by atoms with Crippen LogP contribution >= 0.6 is 0 Å². The maximum Gasteiger partial charge on any atom is 0.274 e. The van der Waals surface area contributed by atoms with Crippen molar-refractivity contribution in [1.82, 2.24) is 4.72 Å². The Morgan fingerprint density at radius 3 is 2.81 bits per heavy atom. The van der Waals surface area contributed by atoms with Gasteiger partial charge in [0.05, 0.1) is 6.26 Å². The molecular formula is C10H18N2O3S. The van der Waals surface area contributed by atoms with Gasteiger partial charge in [0.15, 0.2) is 0 Å². The van der Waals surface area contributed by atoms with Gasteiger partial charge in [0.1, 0.15) is 0 Å². The van der Waals surface area contributed by atoms with Crippen molar-refractivity contribution in [2.75, 3.05) is 6.54 Å². The van der Waals surface area contributed by atoms with Gasteiger partial charge < -0.3 is 10.2 Å². The number of hydrogen-bond donors (Lipinski definition) is 2. The van der Waals surface area contributed by atoms with Gasteiger partial charge in [-0.1, -0.05) is 19.8 Å². The Morgan fingerprint density at radius 1 is 1.56 bits per heavy atom. The summed E-state index contributed by atoms with van der Waals surface area (Å²) in [6.45, 7) is 2.34. The highest BCUT2D eigenvalue weighted by Crippen LogP contribution is 2.10. The predicted molar refractivity (Wildman–Crippen MR) is 61.4 cm³/mol. The number of sulfonamides is 1. The molecule has 92 valence electrons. The molecule has 0 aliphatic heterocycles. The van der Waals surface area contributed by atoms with Crippen LogP contribution < -0.4 is 10.5 Å². The summed E-state index contributed by atoms with van der Waals surface area (Å²) in [6.07, 6.45) is 4.03. The third-order valence-electron chi connectivity index (χ3n) is 2.27. The van der Waals surface area contributed by atoms with Crippen molar-refractivity contribution in [3.63, 3.8) is 0 Å². The van der Waals surface area contributed by atoms with Crippen LogP contribution in [0.3, 0.4) is 0 Å². The van der Waals surface area contributed by atoms with E-state index in [4.69, 9.17) is 10.2 Å². The summed E-state index contributed by atoms with van der Waals surface area (Å²) in [4.78, 5) is 0. The van der Waals surface area contributed by atoms with Gasteiger partial charge in [0.25, 0.3) is 10.0 Å². The van der Waals surface area contributed by atoms with Crippen LogP contribution in [0.2, 0.25) is 0 Å². The average molecular weight is 246 g/mol. The molecule has 3 N–H and O–H groups in total. The summed E-state index contributed by atoms with van der Waals surface area (Å²) in [6, 6.07) is 2.73. The molecule has 1 unspecified atom stereocenters. The molecule has 1 heterocycles. The minimum Gasteiger partial charge on any atom is -0.452 e. The van der Waals surface area contributed by atoms with Crippen LogP contribution in [-0.2, 0) is 10.0 Å². The lowest BCUT2D eigenvalue weighted by molar-refractivity contribution is 0.437. The lowest BCUT2D eigenvalue weighted by atomic mass is 10.1. The zero-order valence-corrected chi connectivity index (χ0v) is 10.2. The summed E-state index contributed by atoms with van der Waals surface area (Å²) in [5.41, 5.74) is 5.52. The Labute approximate surface area is 96.1 Å². The van der Waals surface area contributed by atoms with Gasteiger partial charge in [-0.3, -0.25) is 0 Å². The first-order valence-corrected chi connectivity index (χ1v) is 6.84. The number of rotatable bonds is 7. The molecule has 0 spiro atoms. The summed E-state index contributed by atoms with van der Waals surface area (Å²) >= 11 is 0. The van der Waals surface area contributed by atoms with Crippen molar-refractivity contribution in [3.05, 3.63) is 18.4 Å². The summed E-state index contributed by atoms with van der Waals surface area (Å²) in [7, 11) is -3.56. The lowest BCUT2D eigenvalue weighted by Gasteiger charge is -2.15. The van der Waals surface area contributed by atoms with Crippen molar-refractivity contribution in [2.24, 2.45) is 5.73 Å². The third-order valence-corrected chi connectivity index (χ3v) is 3.68. The number of furan rings is 1. The zero-order valence-electron chi connectivity index (χ0n) is 9.35. The molecule has 0 radical (unpaired) electrons. The van der Waals surface area contributed by atoms with Gasteiger partial charge in [-0.05, 0) is 18.6 Å².